The number of carbonyl (C=O) groups is 1. The average molecular weight is 427 g/mol. The van der Waals surface area contributed by atoms with Gasteiger partial charge >= 0.3 is 6.18 Å². The Morgan fingerprint density at radius 2 is 2.00 bits per heavy atom. The van der Waals surface area contributed by atoms with Crippen LogP contribution in [0.15, 0.2) is 35.9 Å². The second-order valence-electron chi connectivity index (χ2n) is 6.82. The molecule has 0 unspecified atom stereocenters. The number of aromatic nitrogens is 2. The lowest BCUT2D eigenvalue weighted by molar-refractivity contribution is -0.143. The second kappa shape index (κ2) is 7.88. The van der Waals surface area contributed by atoms with Gasteiger partial charge in [-0.05, 0) is 31.5 Å². The van der Waals surface area contributed by atoms with E-state index in [1.54, 1.807) is 13.8 Å². The van der Waals surface area contributed by atoms with Crippen molar-refractivity contribution in [3.8, 4) is 0 Å². The van der Waals surface area contributed by atoms with E-state index in [9.17, 15) is 26.7 Å². The van der Waals surface area contributed by atoms with Gasteiger partial charge in [-0.1, -0.05) is 0 Å². The van der Waals surface area contributed by atoms with Gasteiger partial charge in [0.1, 0.15) is 11.6 Å². The van der Waals surface area contributed by atoms with E-state index < -0.39 is 41.0 Å². The molecule has 0 fully saturated rings. The van der Waals surface area contributed by atoms with E-state index >= 15 is 0 Å². The van der Waals surface area contributed by atoms with Gasteiger partial charge in [-0.25, -0.2) is 18.7 Å². The Hall–Kier alpha value is -3.24. The lowest BCUT2D eigenvalue weighted by Crippen LogP contribution is -2.46. The minimum atomic E-state index is -5.02. The number of nitrogens with one attached hydrogen (secondary N) is 1. The molecule has 1 aliphatic rings. The van der Waals surface area contributed by atoms with Gasteiger partial charge in [0.2, 0.25) is 0 Å². The standard InChI is InChI=1S/C19H18F5N5O/c1-9-7-14(27-8-12(9)20)28-13-4-6-29(10(2)16(13)25)18(30)11-3-5-26-17(15(11)21)19(22,23)24/h3,5,7-8,10H,4,6,25H2,1-2H3,(H,27,28)/t10-/m1/s1. The molecule has 1 atom stereocenters. The molecular formula is C19H18F5N5O. The molecule has 3 rings (SSSR count). The Labute approximate surface area is 168 Å². The number of nitrogens with zero attached hydrogens (tertiary/aromatic N) is 3. The molecule has 11 heteroatoms. The van der Waals surface area contributed by atoms with Crippen molar-refractivity contribution in [3.05, 3.63) is 64.4 Å². The number of amides is 1. The summed E-state index contributed by atoms with van der Waals surface area (Å²) in [6, 6.07) is 1.67. The first kappa shape index (κ1) is 21.5. The highest BCUT2D eigenvalue weighted by molar-refractivity contribution is 5.95. The highest BCUT2D eigenvalue weighted by Gasteiger charge is 2.39. The third-order valence-corrected chi connectivity index (χ3v) is 4.84. The van der Waals surface area contributed by atoms with Crippen LogP contribution in [0.25, 0.3) is 0 Å². The molecular weight excluding hydrogens is 409 g/mol. The van der Waals surface area contributed by atoms with E-state index in [4.69, 9.17) is 5.73 Å². The van der Waals surface area contributed by atoms with Crippen molar-refractivity contribution in [1.82, 2.24) is 14.9 Å². The molecule has 6 nitrogen and oxygen atoms in total. The molecule has 160 valence electrons. The van der Waals surface area contributed by atoms with Gasteiger partial charge < -0.3 is 16.0 Å². The SMILES string of the molecule is Cc1cc(NC2=C(N)[C@@H](C)N(C(=O)c3ccnc(C(F)(F)F)c3F)CC2)ncc1F. The molecule has 1 aliphatic heterocycles. The second-order valence-corrected chi connectivity index (χ2v) is 6.82. The van der Waals surface area contributed by atoms with Crippen molar-refractivity contribution in [1.29, 1.82) is 0 Å². The Bertz CT molecular complexity index is 1020. The molecule has 0 aliphatic carbocycles. The monoisotopic (exact) mass is 427 g/mol. The van der Waals surface area contributed by atoms with E-state index in [0.717, 1.165) is 18.5 Å². The van der Waals surface area contributed by atoms with E-state index in [1.807, 2.05) is 0 Å². The summed E-state index contributed by atoms with van der Waals surface area (Å²) in [7, 11) is 0. The van der Waals surface area contributed by atoms with Crippen LogP contribution in [0.5, 0.6) is 0 Å². The Morgan fingerprint density at radius 1 is 1.30 bits per heavy atom. The van der Waals surface area contributed by atoms with Crippen LogP contribution in [0.3, 0.4) is 0 Å². The molecule has 0 spiro atoms. The van der Waals surface area contributed by atoms with Gasteiger partial charge in [0.05, 0.1) is 23.5 Å². The number of rotatable bonds is 3. The molecule has 0 aromatic carbocycles. The summed E-state index contributed by atoms with van der Waals surface area (Å²) in [5, 5.41) is 2.97. The maximum Gasteiger partial charge on any atom is 0.436 e. The largest absolute Gasteiger partial charge is 0.436 e. The van der Waals surface area contributed by atoms with Crippen LogP contribution in [0, 0.1) is 18.6 Å². The van der Waals surface area contributed by atoms with E-state index in [-0.39, 0.29) is 18.7 Å². The van der Waals surface area contributed by atoms with Crippen LogP contribution in [0.1, 0.15) is 35.0 Å². The van der Waals surface area contributed by atoms with Crippen molar-refractivity contribution in [2.24, 2.45) is 5.73 Å². The van der Waals surface area contributed by atoms with Crippen molar-refractivity contribution < 1.29 is 26.7 Å². The van der Waals surface area contributed by atoms with Gasteiger partial charge in [0, 0.05) is 24.9 Å². The maximum atomic E-state index is 14.3. The Morgan fingerprint density at radius 3 is 2.63 bits per heavy atom. The lowest BCUT2D eigenvalue weighted by atomic mass is 10.0. The molecule has 2 aromatic rings. The summed E-state index contributed by atoms with van der Waals surface area (Å²) >= 11 is 0. The summed E-state index contributed by atoms with van der Waals surface area (Å²) in [4.78, 5) is 20.8. The lowest BCUT2D eigenvalue weighted by Gasteiger charge is -2.35. The summed E-state index contributed by atoms with van der Waals surface area (Å²) in [6.07, 6.45) is -3.01. The fraction of sp³-hybridized carbons (Fsp3) is 0.316. The van der Waals surface area contributed by atoms with Crippen molar-refractivity contribution in [2.45, 2.75) is 32.5 Å². The number of pyridine rings is 2. The van der Waals surface area contributed by atoms with E-state index in [1.165, 1.54) is 11.0 Å². The molecule has 0 radical (unpaired) electrons. The number of alkyl halides is 3. The number of hydrogen-bond donors (Lipinski definition) is 2. The number of nitrogens with two attached hydrogens (primary N) is 1. The summed E-state index contributed by atoms with van der Waals surface area (Å²) < 4.78 is 66.4. The fourth-order valence-corrected chi connectivity index (χ4v) is 3.13. The van der Waals surface area contributed by atoms with E-state index in [0.29, 0.717) is 17.1 Å². The zero-order chi connectivity index (χ0) is 22.2. The third kappa shape index (κ3) is 4.05. The molecule has 2 aromatic heterocycles. The summed E-state index contributed by atoms with van der Waals surface area (Å²) in [5.74, 6) is -2.76. The minimum Gasteiger partial charge on any atom is -0.399 e. The first-order valence-electron chi connectivity index (χ1n) is 8.91. The first-order chi connectivity index (χ1) is 14.0. The highest BCUT2D eigenvalue weighted by Crippen LogP contribution is 2.32. The van der Waals surface area contributed by atoms with Crippen LogP contribution in [-0.2, 0) is 6.18 Å². The normalized spacial score (nSPS) is 17.3. The highest BCUT2D eigenvalue weighted by atomic mass is 19.4. The first-order valence-corrected chi connectivity index (χ1v) is 8.91. The molecule has 3 N–H and O–H groups in total. The van der Waals surface area contributed by atoms with Crippen LogP contribution in [-0.4, -0.2) is 33.4 Å². The van der Waals surface area contributed by atoms with Gasteiger partial charge in [-0.3, -0.25) is 4.79 Å². The summed E-state index contributed by atoms with van der Waals surface area (Å²) in [5.41, 5.74) is 4.79. The zero-order valence-electron chi connectivity index (χ0n) is 16.0. The number of carbonyl (C=O) groups excluding carboxylic acids is 1. The average Bonchev–Trinajstić information content (AvgIpc) is 2.67. The Kier molecular flexibility index (Phi) is 5.64. The van der Waals surface area contributed by atoms with Gasteiger partial charge in [-0.2, -0.15) is 13.2 Å². The molecule has 0 bridgehead atoms. The molecule has 3 heterocycles. The van der Waals surface area contributed by atoms with Crippen LogP contribution in [0.4, 0.5) is 27.8 Å². The number of aryl methyl sites for hydroxylation is 1. The van der Waals surface area contributed by atoms with Crippen molar-refractivity contribution in [3.63, 3.8) is 0 Å². The predicted octanol–water partition coefficient (Wildman–Crippen LogP) is 3.60. The molecule has 0 saturated heterocycles. The zero-order valence-corrected chi connectivity index (χ0v) is 16.0. The molecule has 1 amide bonds. The quantitative estimate of drug-likeness (QED) is 0.732. The van der Waals surface area contributed by atoms with Crippen molar-refractivity contribution in [2.75, 3.05) is 11.9 Å². The number of hydrogen-bond acceptors (Lipinski definition) is 5. The van der Waals surface area contributed by atoms with Gasteiger partial charge in [0.25, 0.3) is 5.91 Å². The Balaban J connectivity index is 1.85. The van der Waals surface area contributed by atoms with Gasteiger partial charge in [0.15, 0.2) is 11.5 Å². The predicted molar refractivity (Wildman–Crippen MR) is 98.1 cm³/mol. The van der Waals surface area contributed by atoms with Crippen molar-refractivity contribution >= 4 is 11.7 Å². The number of anilines is 1. The van der Waals surface area contributed by atoms with Crippen LogP contribution < -0.4 is 11.1 Å². The van der Waals surface area contributed by atoms with Crippen LogP contribution in [0.2, 0.25) is 0 Å². The minimum absolute atomic E-state index is 0.0757. The summed E-state index contributed by atoms with van der Waals surface area (Å²) in [6.45, 7) is 3.22. The smallest absolute Gasteiger partial charge is 0.399 e. The van der Waals surface area contributed by atoms with E-state index in [2.05, 4.69) is 15.3 Å². The third-order valence-electron chi connectivity index (χ3n) is 4.84. The fourth-order valence-electron chi connectivity index (χ4n) is 3.13. The van der Waals surface area contributed by atoms with Crippen LogP contribution >= 0.6 is 0 Å². The topological polar surface area (TPSA) is 84.1 Å². The van der Waals surface area contributed by atoms with Gasteiger partial charge in [-0.15, -0.1) is 0 Å². The molecule has 30 heavy (non-hydrogen) atoms. The number of halogens is 5. The molecule has 0 saturated carbocycles. The maximum absolute atomic E-state index is 14.3.